The minimum absolute atomic E-state index is 0.113. The van der Waals surface area contributed by atoms with E-state index in [-0.39, 0.29) is 10.00 Å². The number of hydrogen-bond acceptors (Lipinski definition) is 5. The van der Waals surface area contributed by atoms with Crippen LogP contribution in [0.1, 0.15) is 56.1 Å². The van der Waals surface area contributed by atoms with Gasteiger partial charge in [-0.3, -0.25) is 0 Å². The van der Waals surface area contributed by atoms with Gasteiger partial charge in [0.05, 0.1) is 0 Å². The first-order chi connectivity index (χ1) is 11.0. The summed E-state index contributed by atoms with van der Waals surface area (Å²) in [5.74, 6) is 3.14. The van der Waals surface area contributed by atoms with Crippen LogP contribution in [0.25, 0.3) is 0 Å². The van der Waals surface area contributed by atoms with E-state index < -0.39 is 0 Å². The Labute approximate surface area is 170 Å². The summed E-state index contributed by atoms with van der Waals surface area (Å²) < 4.78 is 0.113. The molecule has 0 aliphatic heterocycles. The van der Waals surface area contributed by atoms with Crippen LogP contribution in [0, 0.1) is 0 Å². The SMILES string of the molecule is CCC(CC(S)S)c1ccccc1C(CCS)(CCS)CCS. The molecule has 0 aromatic heterocycles. The van der Waals surface area contributed by atoms with E-state index in [1.54, 1.807) is 0 Å². The van der Waals surface area contributed by atoms with E-state index >= 15 is 0 Å². The summed E-state index contributed by atoms with van der Waals surface area (Å²) in [6.45, 7) is 2.25. The molecule has 0 spiro atoms. The average molecular weight is 407 g/mol. The molecule has 0 nitrogen and oxygen atoms in total. The maximum absolute atomic E-state index is 4.54. The van der Waals surface area contributed by atoms with E-state index in [1.807, 2.05) is 0 Å². The van der Waals surface area contributed by atoms with Crippen LogP contribution in [0.15, 0.2) is 24.3 Å². The standard InChI is InChI=1S/C18H30S5/c1-2-14(13-17(22)23)15-5-3-4-6-16(15)18(7-10-19,8-11-20)9-12-21/h3-6,14,17,19-23H,2,7-13H2,1H3. The van der Waals surface area contributed by atoms with Crippen molar-refractivity contribution in [2.75, 3.05) is 17.3 Å². The third kappa shape index (κ3) is 6.32. The third-order valence-electron chi connectivity index (χ3n) is 4.73. The number of benzene rings is 1. The van der Waals surface area contributed by atoms with Crippen molar-refractivity contribution < 1.29 is 0 Å². The summed E-state index contributed by atoms with van der Waals surface area (Å²) >= 11 is 22.6. The van der Waals surface area contributed by atoms with Crippen molar-refractivity contribution in [2.45, 2.75) is 54.9 Å². The summed E-state index contributed by atoms with van der Waals surface area (Å²) in [5, 5.41) is 0. The van der Waals surface area contributed by atoms with Gasteiger partial charge in [0.2, 0.25) is 0 Å². The fraction of sp³-hybridized carbons (Fsp3) is 0.667. The van der Waals surface area contributed by atoms with Crippen LogP contribution in [0.4, 0.5) is 0 Å². The largest absolute Gasteiger partial charge is 0.179 e. The molecule has 5 heteroatoms. The number of hydrogen-bond donors (Lipinski definition) is 5. The van der Waals surface area contributed by atoms with Gasteiger partial charge in [0, 0.05) is 4.58 Å². The van der Waals surface area contributed by atoms with Crippen LogP contribution < -0.4 is 0 Å². The molecule has 0 heterocycles. The molecular formula is C18H30S5. The summed E-state index contributed by atoms with van der Waals surface area (Å²) in [4.78, 5) is 0. The Hall–Kier alpha value is 0.970. The molecule has 0 aliphatic carbocycles. The highest BCUT2D eigenvalue weighted by Gasteiger charge is 2.33. The first-order valence-electron chi connectivity index (χ1n) is 8.32. The Balaban J connectivity index is 3.35. The zero-order valence-electron chi connectivity index (χ0n) is 13.9. The Morgan fingerprint density at radius 2 is 1.43 bits per heavy atom. The van der Waals surface area contributed by atoms with Crippen molar-refractivity contribution in [1.82, 2.24) is 0 Å². The van der Waals surface area contributed by atoms with Crippen molar-refractivity contribution in [3.8, 4) is 0 Å². The molecule has 0 aliphatic rings. The molecule has 0 N–H and O–H groups in total. The molecule has 1 atom stereocenters. The maximum Gasteiger partial charge on any atom is 0.0448 e. The van der Waals surface area contributed by atoms with Crippen molar-refractivity contribution in [3.63, 3.8) is 0 Å². The van der Waals surface area contributed by atoms with Crippen LogP contribution >= 0.6 is 63.1 Å². The quantitative estimate of drug-likeness (QED) is 0.217. The predicted octanol–water partition coefficient (Wildman–Crippen LogP) is 5.95. The highest BCUT2D eigenvalue weighted by molar-refractivity contribution is 7.99. The fourth-order valence-electron chi connectivity index (χ4n) is 3.53. The topological polar surface area (TPSA) is 0 Å². The van der Waals surface area contributed by atoms with E-state index in [0.29, 0.717) is 5.92 Å². The Kier molecular flexibility index (Phi) is 11.1. The summed E-state index contributed by atoms with van der Waals surface area (Å²) in [6, 6.07) is 8.91. The first kappa shape index (κ1) is 22.0. The van der Waals surface area contributed by atoms with Crippen LogP contribution in [-0.4, -0.2) is 21.8 Å². The zero-order valence-corrected chi connectivity index (χ0v) is 18.3. The lowest BCUT2D eigenvalue weighted by Gasteiger charge is -2.37. The lowest BCUT2D eigenvalue weighted by Crippen LogP contribution is -2.30. The average Bonchev–Trinajstić information content (AvgIpc) is 2.53. The van der Waals surface area contributed by atoms with Gasteiger partial charge in [0.15, 0.2) is 0 Å². The van der Waals surface area contributed by atoms with Crippen molar-refractivity contribution in [1.29, 1.82) is 0 Å². The molecule has 0 radical (unpaired) electrons. The minimum atomic E-state index is 0.113. The monoisotopic (exact) mass is 406 g/mol. The second-order valence-electron chi connectivity index (χ2n) is 6.11. The van der Waals surface area contributed by atoms with Crippen LogP contribution in [0.2, 0.25) is 0 Å². The van der Waals surface area contributed by atoms with Gasteiger partial charge in [0.1, 0.15) is 0 Å². The van der Waals surface area contributed by atoms with E-state index in [2.05, 4.69) is 94.3 Å². The van der Waals surface area contributed by atoms with Gasteiger partial charge in [0.25, 0.3) is 0 Å². The highest BCUT2D eigenvalue weighted by Crippen LogP contribution is 2.42. The molecule has 1 aromatic rings. The molecule has 0 amide bonds. The number of rotatable bonds is 11. The Morgan fingerprint density at radius 1 is 0.913 bits per heavy atom. The van der Waals surface area contributed by atoms with Crippen LogP contribution in [-0.2, 0) is 5.41 Å². The molecule has 1 unspecified atom stereocenters. The van der Waals surface area contributed by atoms with Gasteiger partial charge in [-0.05, 0) is 71.8 Å². The van der Waals surface area contributed by atoms with Crippen molar-refractivity contribution >= 4 is 63.1 Å². The van der Waals surface area contributed by atoms with Gasteiger partial charge < -0.3 is 0 Å². The van der Waals surface area contributed by atoms with Crippen LogP contribution in [0.3, 0.4) is 0 Å². The fourth-order valence-corrected chi connectivity index (χ4v) is 5.32. The Morgan fingerprint density at radius 3 is 1.87 bits per heavy atom. The molecule has 0 fully saturated rings. The molecular weight excluding hydrogens is 377 g/mol. The van der Waals surface area contributed by atoms with Gasteiger partial charge >= 0.3 is 0 Å². The zero-order chi connectivity index (χ0) is 17.3. The highest BCUT2D eigenvalue weighted by atomic mass is 32.2. The van der Waals surface area contributed by atoms with E-state index in [1.165, 1.54) is 11.1 Å². The smallest absolute Gasteiger partial charge is 0.0448 e. The number of thiol groups is 5. The predicted molar refractivity (Wildman–Crippen MR) is 123 cm³/mol. The van der Waals surface area contributed by atoms with Gasteiger partial charge in [-0.2, -0.15) is 63.1 Å². The molecule has 0 saturated heterocycles. The normalized spacial score (nSPS) is 13.5. The summed E-state index contributed by atoms with van der Waals surface area (Å²) in [7, 11) is 0. The summed E-state index contributed by atoms with van der Waals surface area (Å²) in [5.41, 5.74) is 3.04. The molecule has 0 bridgehead atoms. The molecule has 0 saturated carbocycles. The minimum Gasteiger partial charge on any atom is -0.179 e. The molecule has 23 heavy (non-hydrogen) atoms. The van der Waals surface area contributed by atoms with E-state index in [9.17, 15) is 0 Å². The molecule has 1 aromatic carbocycles. The Bertz CT molecular complexity index is 430. The molecule has 132 valence electrons. The third-order valence-corrected chi connectivity index (χ3v) is 5.82. The lowest BCUT2D eigenvalue weighted by atomic mass is 9.70. The van der Waals surface area contributed by atoms with Gasteiger partial charge in [-0.1, -0.05) is 31.2 Å². The van der Waals surface area contributed by atoms with Crippen LogP contribution in [0.5, 0.6) is 0 Å². The second-order valence-corrected chi connectivity index (χ2v) is 9.11. The van der Waals surface area contributed by atoms with Gasteiger partial charge in [-0.15, -0.1) is 0 Å². The lowest BCUT2D eigenvalue weighted by molar-refractivity contribution is 0.385. The summed E-state index contributed by atoms with van der Waals surface area (Å²) in [6.07, 6.45) is 5.29. The second kappa shape index (κ2) is 11.6. The van der Waals surface area contributed by atoms with Crippen molar-refractivity contribution in [2.24, 2.45) is 0 Å². The van der Waals surface area contributed by atoms with E-state index in [0.717, 1.165) is 49.4 Å². The maximum atomic E-state index is 4.54. The van der Waals surface area contributed by atoms with Crippen molar-refractivity contribution in [3.05, 3.63) is 35.4 Å². The van der Waals surface area contributed by atoms with E-state index in [4.69, 9.17) is 0 Å². The van der Waals surface area contributed by atoms with Gasteiger partial charge in [-0.25, -0.2) is 0 Å². The molecule has 1 rings (SSSR count). The first-order valence-corrected chi connectivity index (χ1v) is 11.3.